The van der Waals surface area contributed by atoms with Crippen LogP contribution in [0.5, 0.6) is 6.01 Å². The SMILES string of the molecule is C=CC(=O)N1CCN(c2nc(OC[C@@]34CCCN3C[C@H](F)C4)nc3cc(-c4cccc5c4C[C@H]4C[C@@H]54)c(F)cc23)C[C@@H]1CC#N. The first-order valence-electron chi connectivity index (χ1n) is 16.1. The minimum absolute atomic E-state index is 0.144. The van der Waals surface area contributed by atoms with Gasteiger partial charge in [0.05, 0.1) is 29.6 Å². The number of nitriles is 1. The van der Waals surface area contributed by atoms with Gasteiger partial charge in [-0.3, -0.25) is 9.69 Å². The summed E-state index contributed by atoms with van der Waals surface area (Å²) in [5.41, 5.74) is 4.18. The number of amides is 1. The number of alkyl halides is 1. The quantitative estimate of drug-likeness (QED) is 0.342. The van der Waals surface area contributed by atoms with E-state index in [1.165, 1.54) is 29.7 Å². The average Bonchev–Trinajstić information content (AvgIpc) is 3.38. The number of fused-ring (bicyclic) bond motifs is 5. The number of halogens is 2. The fourth-order valence-corrected chi connectivity index (χ4v) is 8.56. The number of hydrogen-bond acceptors (Lipinski definition) is 7. The molecule has 1 saturated carbocycles. The Kier molecular flexibility index (Phi) is 6.79. The summed E-state index contributed by atoms with van der Waals surface area (Å²) in [4.78, 5) is 28.0. The van der Waals surface area contributed by atoms with Crippen molar-refractivity contribution >= 4 is 22.6 Å². The second kappa shape index (κ2) is 10.8. The summed E-state index contributed by atoms with van der Waals surface area (Å²) in [6.07, 6.45) is 5.01. The number of carbonyl (C=O) groups excluding carboxylic acids is 1. The lowest BCUT2D eigenvalue weighted by molar-refractivity contribution is -0.128. The fourth-order valence-electron chi connectivity index (χ4n) is 8.56. The van der Waals surface area contributed by atoms with Crippen molar-refractivity contribution in [2.24, 2.45) is 5.92 Å². The number of anilines is 1. The van der Waals surface area contributed by atoms with E-state index < -0.39 is 6.17 Å². The van der Waals surface area contributed by atoms with Gasteiger partial charge in [0.25, 0.3) is 0 Å². The summed E-state index contributed by atoms with van der Waals surface area (Å²) in [6, 6.07) is 11.5. The van der Waals surface area contributed by atoms with Gasteiger partial charge in [-0.15, -0.1) is 0 Å². The summed E-state index contributed by atoms with van der Waals surface area (Å²) in [5.74, 6) is 1.20. The molecule has 0 radical (unpaired) electrons. The number of rotatable bonds is 7. The van der Waals surface area contributed by atoms with Crippen LogP contribution in [0, 0.1) is 23.1 Å². The molecule has 45 heavy (non-hydrogen) atoms. The Bertz CT molecular complexity index is 1760. The molecule has 1 amide bonds. The van der Waals surface area contributed by atoms with Crippen molar-refractivity contribution in [3.63, 3.8) is 0 Å². The molecule has 0 N–H and O–H groups in total. The van der Waals surface area contributed by atoms with Crippen LogP contribution < -0.4 is 9.64 Å². The molecule has 0 spiro atoms. The number of nitrogens with zero attached hydrogens (tertiary/aromatic N) is 6. The van der Waals surface area contributed by atoms with Gasteiger partial charge in [-0.05, 0) is 79.0 Å². The van der Waals surface area contributed by atoms with Gasteiger partial charge in [0.15, 0.2) is 0 Å². The average molecular weight is 611 g/mol. The van der Waals surface area contributed by atoms with E-state index in [0.717, 1.165) is 31.4 Å². The molecule has 10 heteroatoms. The Hall–Kier alpha value is -4.10. The van der Waals surface area contributed by atoms with Gasteiger partial charge in [-0.2, -0.15) is 15.2 Å². The van der Waals surface area contributed by atoms with Gasteiger partial charge < -0.3 is 14.5 Å². The highest BCUT2D eigenvalue weighted by Crippen LogP contribution is 2.58. The van der Waals surface area contributed by atoms with Crippen LogP contribution in [-0.2, 0) is 11.2 Å². The Morgan fingerprint density at radius 2 is 2.09 bits per heavy atom. The highest BCUT2D eigenvalue weighted by Gasteiger charge is 2.49. The zero-order chi connectivity index (χ0) is 30.9. The van der Waals surface area contributed by atoms with Crippen LogP contribution in [0.2, 0.25) is 0 Å². The lowest BCUT2D eigenvalue weighted by Crippen LogP contribution is -2.55. The van der Waals surface area contributed by atoms with E-state index in [1.54, 1.807) is 11.0 Å². The van der Waals surface area contributed by atoms with E-state index in [4.69, 9.17) is 14.7 Å². The van der Waals surface area contributed by atoms with Crippen LogP contribution in [0.1, 0.15) is 49.1 Å². The van der Waals surface area contributed by atoms with E-state index in [2.05, 4.69) is 23.6 Å². The Balaban J connectivity index is 1.19. The molecule has 232 valence electrons. The van der Waals surface area contributed by atoms with Gasteiger partial charge in [-0.1, -0.05) is 24.8 Å². The zero-order valence-electron chi connectivity index (χ0n) is 25.2. The van der Waals surface area contributed by atoms with Crippen molar-refractivity contribution in [3.05, 3.63) is 59.9 Å². The van der Waals surface area contributed by atoms with Crippen LogP contribution in [-0.4, -0.2) is 82.8 Å². The third-order valence-corrected chi connectivity index (χ3v) is 10.8. The fraction of sp³-hybridized carbons (Fsp3) is 0.486. The number of ether oxygens (including phenoxy) is 1. The smallest absolute Gasteiger partial charge is 0.319 e. The molecular formula is C35H36F2N6O2. The zero-order valence-corrected chi connectivity index (χ0v) is 25.2. The third-order valence-electron chi connectivity index (χ3n) is 10.8. The van der Waals surface area contributed by atoms with E-state index >= 15 is 4.39 Å². The number of aromatic nitrogens is 2. The van der Waals surface area contributed by atoms with Crippen LogP contribution in [0.3, 0.4) is 0 Å². The summed E-state index contributed by atoms with van der Waals surface area (Å²) in [6.45, 7) is 6.33. The van der Waals surface area contributed by atoms with Crippen molar-refractivity contribution in [3.8, 4) is 23.2 Å². The van der Waals surface area contributed by atoms with Crippen molar-refractivity contribution in [1.29, 1.82) is 5.26 Å². The first kappa shape index (κ1) is 28.4. The third kappa shape index (κ3) is 4.75. The Labute approximate surface area is 261 Å². The van der Waals surface area contributed by atoms with Crippen molar-refractivity contribution in [2.75, 3.05) is 44.2 Å². The van der Waals surface area contributed by atoms with Crippen molar-refractivity contribution in [1.82, 2.24) is 19.8 Å². The Morgan fingerprint density at radius 1 is 1.20 bits per heavy atom. The van der Waals surface area contributed by atoms with Crippen LogP contribution in [0.4, 0.5) is 14.6 Å². The number of carbonyl (C=O) groups is 1. The Morgan fingerprint density at radius 3 is 2.93 bits per heavy atom. The molecule has 4 heterocycles. The molecule has 3 aliphatic heterocycles. The second-order valence-corrected chi connectivity index (χ2v) is 13.4. The number of benzene rings is 2. The predicted octanol–water partition coefficient (Wildman–Crippen LogP) is 5.17. The summed E-state index contributed by atoms with van der Waals surface area (Å²) < 4.78 is 36.9. The molecule has 2 aromatic carbocycles. The molecule has 8 rings (SSSR count). The molecule has 8 nitrogen and oxygen atoms in total. The topological polar surface area (TPSA) is 85.6 Å². The van der Waals surface area contributed by atoms with E-state index in [9.17, 15) is 14.4 Å². The number of piperazine rings is 1. The predicted molar refractivity (Wildman–Crippen MR) is 166 cm³/mol. The van der Waals surface area contributed by atoms with Crippen LogP contribution in [0.25, 0.3) is 22.0 Å². The molecule has 5 aliphatic rings. The van der Waals surface area contributed by atoms with E-state index in [0.29, 0.717) is 66.7 Å². The second-order valence-electron chi connectivity index (χ2n) is 13.4. The van der Waals surface area contributed by atoms with Crippen molar-refractivity contribution in [2.45, 2.75) is 62.2 Å². The molecule has 1 aromatic heterocycles. The van der Waals surface area contributed by atoms with Crippen molar-refractivity contribution < 1.29 is 18.3 Å². The maximum absolute atomic E-state index is 16.1. The molecule has 4 fully saturated rings. The van der Waals surface area contributed by atoms with E-state index in [1.807, 2.05) is 17.0 Å². The first-order valence-corrected chi connectivity index (χ1v) is 16.1. The molecule has 2 aliphatic carbocycles. The molecule has 5 atom stereocenters. The molecular weight excluding hydrogens is 574 g/mol. The summed E-state index contributed by atoms with van der Waals surface area (Å²) in [5, 5.41) is 10.1. The monoisotopic (exact) mass is 610 g/mol. The minimum Gasteiger partial charge on any atom is -0.461 e. The normalized spacial score (nSPS) is 28.5. The van der Waals surface area contributed by atoms with Gasteiger partial charge in [0.2, 0.25) is 5.91 Å². The van der Waals surface area contributed by atoms with E-state index in [-0.39, 0.29) is 42.3 Å². The molecule has 3 saturated heterocycles. The molecule has 0 unspecified atom stereocenters. The maximum Gasteiger partial charge on any atom is 0.319 e. The maximum atomic E-state index is 16.1. The summed E-state index contributed by atoms with van der Waals surface area (Å²) >= 11 is 0. The van der Waals surface area contributed by atoms with Gasteiger partial charge >= 0.3 is 6.01 Å². The lowest BCUT2D eigenvalue weighted by atomic mass is 9.93. The highest BCUT2D eigenvalue weighted by molar-refractivity contribution is 5.94. The van der Waals surface area contributed by atoms with Crippen LogP contribution in [0.15, 0.2) is 43.0 Å². The molecule has 0 bridgehead atoms. The van der Waals surface area contributed by atoms with Gasteiger partial charge in [-0.25, -0.2) is 8.78 Å². The molecule has 3 aromatic rings. The minimum atomic E-state index is -0.877. The lowest BCUT2D eigenvalue weighted by Gasteiger charge is -2.41. The highest BCUT2D eigenvalue weighted by atomic mass is 19.1. The summed E-state index contributed by atoms with van der Waals surface area (Å²) in [7, 11) is 0. The van der Waals surface area contributed by atoms with Gasteiger partial charge in [0, 0.05) is 43.5 Å². The number of hydrogen-bond donors (Lipinski definition) is 0. The largest absolute Gasteiger partial charge is 0.461 e. The van der Waals surface area contributed by atoms with Gasteiger partial charge in [0.1, 0.15) is 24.4 Å². The first-order chi connectivity index (χ1) is 21.9. The standard InChI is InChI=1S/C35H36F2N6O2/c1-2-32(44)43-12-11-41(19-23(43)7-9-38)33-29-15-30(37)28(25-6-3-5-24-26-13-21(26)14-27(24)25)16-31(29)39-34(40-33)45-20-35-8-4-10-42(35)18-22(36)17-35/h2-3,5-6,15-16,21-23,26H,1,4,7-8,10-14,17-20H2/t21-,22-,23+,26-,35+/m1/s1. The van der Waals surface area contributed by atoms with Crippen LogP contribution >= 0.6 is 0 Å².